The van der Waals surface area contributed by atoms with E-state index in [9.17, 15) is 4.79 Å². The maximum absolute atomic E-state index is 12.0. The molecule has 9 nitrogen and oxygen atoms in total. The number of hydrogen-bond acceptors (Lipinski definition) is 7. The van der Waals surface area contributed by atoms with Crippen molar-refractivity contribution in [2.24, 2.45) is 11.5 Å². The van der Waals surface area contributed by atoms with E-state index in [1.807, 2.05) is 53.1 Å². The number of rotatable bonds is 6. The van der Waals surface area contributed by atoms with E-state index in [0.717, 1.165) is 48.1 Å². The van der Waals surface area contributed by atoms with Crippen LogP contribution in [0.4, 0.5) is 17.5 Å². The van der Waals surface area contributed by atoms with Gasteiger partial charge in [-0.2, -0.15) is 4.98 Å². The number of fused-ring (bicyclic) bond motifs is 1. The number of amides is 1. The van der Waals surface area contributed by atoms with Crippen molar-refractivity contribution in [2.45, 2.75) is 37.8 Å². The van der Waals surface area contributed by atoms with E-state index in [4.69, 9.17) is 11.5 Å². The molecule has 1 aliphatic carbocycles. The number of benzene rings is 2. The van der Waals surface area contributed by atoms with Crippen LogP contribution >= 0.6 is 0 Å². The van der Waals surface area contributed by atoms with E-state index in [1.165, 1.54) is 6.20 Å². The van der Waals surface area contributed by atoms with Crippen LogP contribution in [-0.4, -0.2) is 37.5 Å². The van der Waals surface area contributed by atoms with Gasteiger partial charge < -0.3 is 22.1 Å². The highest BCUT2D eigenvalue weighted by atomic mass is 16.1. The quantitative estimate of drug-likeness (QED) is 0.359. The molecule has 2 atom stereocenters. The molecular weight excluding hydrogens is 416 g/mol. The maximum Gasteiger partial charge on any atom is 0.254 e. The van der Waals surface area contributed by atoms with Crippen LogP contribution in [0.2, 0.25) is 0 Å². The Morgan fingerprint density at radius 1 is 1.06 bits per heavy atom. The Morgan fingerprint density at radius 3 is 2.76 bits per heavy atom. The number of nitrogens with zero attached hydrogens (tertiary/aromatic N) is 4. The summed E-state index contributed by atoms with van der Waals surface area (Å²) < 4.78 is 2.01. The molecule has 2 aromatic heterocycles. The van der Waals surface area contributed by atoms with Crippen LogP contribution in [0.5, 0.6) is 0 Å². The minimum absolute atomic E-state index is 0.0521. The number of nitrogens with two attached hydrogens (primary N) is 2. The summed E-state index contributed by atoms with van der Waals surface area (Å²) in [6.45, 7) is 0. The molecule has 6 N–H and O–H groups in total. The first-order valence-corrected chi connectivity index (χ1v) is 11.1. The maximum atomic E-state index is 12.0. The number of nitrogens with one attached hydrogen (secondary N) is 2. The van der Waals surface area contributed by atoms with E-state index in [2.05, 4.69) is 25.6 Å². The van der Waals surface area contributed by atoms with Crippen molar-refractivity contribution in [3.8, 4) is 5.69 Å². The molecule has 1 aliphatic rings. The zero-order chi connectivity index (χ0) is 22.8. The van der Waals surface area contributed by atoms with Crippen molar-refractivity contribution >= 4 is 34.4 Å². The first-order valence-electron chi connectivity index (χ1n) is 11.1. The van der Waals surface area contributed by atoms with Gasteiger partial charge in [0.2, 0.25) is 5.95 Å². The monoisotopic (exact) mass is 442 g/mol. The molecule has 0 saturated heterocycles. The Balaban J connectivity index is 1.44. The predicted octanol–water partition coefficient (Wildman–Crippen LogP) is 3.34. The summed E-state index contributed by atoms with van der Waals surface area (Å²) >= 11 is 0. The van der Waals surface area contributed by atoms with Gasteiger partial charge in [0, 0.05) is 29.7 Å². The van der Waals surface area contributed by atoms with Gasteiger partial charge in [-0.1, -0.05) is 31.0 Å². The van der Waals surface area contributed by atoms with Gasteiger partial charge in [0.15, 0.2) is 0 Å². The summed E-state index contributed by atoms with van der Waals surface area (Å²) in [6.07, 6.45) is 7.42. The van der Waals surface area contributed by atoms with Crippen molar-refractivity contribution in [2.75, 3.05) is 10.6 Å². The molecule has 33 heavy (non-hydrogen) atoms. The highest BCUT2D eigenvalue weighted by Crippen LogP contribution is 2.25. The number of para-hydroxylation sites is 2. The van der Waals surface area contributed by atoms with Crippen LogP contribution in [0, 0.1) is 0 Å². The highest BCUT2D eigenvalue weighted by Gasteiger charge is 2.23. The smallest absolute Gasteiger partial charge is 0.254 e. The fourth-order valence-corrected chi connectivity index (χ4v) is 4.27. The Kier molecular flexibility index (Phi) is 5.62. The average molecular weight is 443 g/mol. The summed E-state index contributed by atoms with van der Waals surface area (Å²) in [5.41, 5.74) is 15.7. The zero-order valence-electron chi connectivity index (χ0n) is 18.1. The average Bonchev–Trinajstić information content (AvgIpc) is 3.25. The fourth-order valence-electron chi connectivity index (χ4n) is 4.27. The molecule has 0 unspecified atom stereocenters. The Morgan fingerprint density at radius 2 is 1.91 bits per heavy atom. The molecule has 4 aromatic rings. The first kappa shape index (κ1) is 20.9. The standard InChI is InChI=1S/C24H26N8O/c25-18-8-1-2-9-19(18)30-24-27-13-17(22(26)33)23(31-24)29-15-6-5-7-16(12-15)32-14-28-20-10-3-4-11-21(20)32/h3-7,10-14,18-19H,1-2,8-9,25H2,(H2,26,33)(H2,27,29,30,31)/t18-,19+/m0/s1. The molecule has 1 fully saturated rings. The molecule has 2 heterocycles. The molecule has 1 amide bonds. The third kappa shape index (κ3) is 4.35. The summed E-state index contributed by atoms with van der Waals surface area (Å²) in [6, 6.07) is 15.9. The van der Waals surface area contributed by atoms with E-state index in [0.29, 0.717) is 11.8 Å². The first-order chi connectivity index (χ1) is 16.1. The van der Waals surface area contributed by atoms with Gasteiger partial charge in [-0.3, -0.25) is 9.36 Å². The molecule has 0 radical (unpaired) electrons. The normalized spacial score (nSPS) is 18.2. The molecule has 9 heteroatoms. The van der Waals surface area contributed by atoms with Crippen LogP contribution in [0.25, 0.3) is 16.7 Å². The lowest BCUT2D eigenvalue weighted by atomic mass is 9.91. The topological polar surface area (TPSA) is 137 Å². The number of carbonyl (C=O) groups excluding carboxylic acids is 1. The summed E-state index contributed by atoms with van der Waals surface area (Å²) in [5.74, 6) is 0.161. The van der Waals surface area contributed by atoms with Crippen molar-refractivity contribution < 1.29 is 4.79 Å². The van der Waals surface area contributed by atoms with Gasteiger partial charge in [0.25, 0.3) is 5.91 Å². The molecule has 1 saturated carbocycles. The molecule has 0 bridgehead atoms. The number of primary amides is 1. The summed E-state index contributed by atoms with van der Waals surface area (Å²) in [7, 11) is 0. The zero-order valence-corrected chi connectivity index (χ0v) is 18.1. The van der Waals surface area contributed by atoms with E-state index in [-0.39, 0.29) is 17.6 Å². The molecule has 168 valence electrons. The summed E-state index contributed by atoms with van der Waals surface area (Å²) in [5, 5.41) is 6.56. The predicted molar refractivity (Wildman–Crippen MR) is 129 cm³/mol. The van der Waals surface area contributed by atoms with Gasteiger partial charge in [-0.25, -0.2) is 9.97 Å². The molecule has 2 aromatic carbocycles. The number of hydrogen-bond donors (Lipinski definition) is 4. The van der Waals surface area contributed by atoms with Gasteiger partial charge in [0.1, 0.15) is 17.7 Å². The van der Waals surface area contributed by atoms with Crippen LogP contribution < -0.4 is 22.1 Å². The third-order valence-corrected chi connectivity index (χ3v) is 6.03. The van der Waals surface area contributed by atoms with Crippen molar-refractivity contribution in [1.29, 1.82) is 0 Å². The minimum atomic E-state index is -0.602. The van der Waals surface area contributed by atoms with Crippen LogP contribution in [0.3, 0.4) is 0 Å². The molecule has 0 aliphatic heterocycles. The van der Waals surface area contributed by atoms with Crippen molar-refractivity contribution in [1.82, 2.24) is 19.5 Å². The molecule has 0 spiro atoms. The second-order valence-electron chi connectivity index (χ2n) is 8.30. The van der Waals surface area contributed by atoms with Crippen LogP contribution in [0.15, 0.2) is 61.1 Å². The SMILES string of the molecule is NC(=O)c1cnc(N[C@@H]2CCCC[C@@H]2N)nc1Nc1cccc(-n2cnc3ccccc32)c1. The molecule has 5 rings (SSSR count). The van der Waals surface area contributed by atoms with Gasteiger partial charge in [-0.05, 0) is 43.2 Å². The van der Waals surface area contributed by atoms with E-state index in [1.54, 1.807) is 6.33 Å². The lowest BCUT2D eigenvalue weighted by Gasteiger charge is -2.29. The Bertz CT molecular complexity index is 1300. The second kappa shape index (κ2) is 8.87. The van der Waals surface area contributed by atoms with E-state index >= 15 is 0 Å². The molecular formula is C24H26N8O. The van der Waals surface area contributed by atoms with Gasteiger partial charge in [-0.15, -0.1) is 0 Å². The van der Waals surface area contributed by atoms with Gasteiger partial charge in [0.05, 0.1) is 11.0 Å². The van der Waals surface area contributed by atoms with Crippen LogP contribution in [0.1, 0.15) is 36.0 Å². The number of imidazole rings is 1. The van der Waals surface area contributed by atoms with Crippen molar-refractivity contribution in [3.05, 3.63) is 66.6 Å². The lowest BCUT2D eigenvalue weighted by molar-refractivity contribution is 0.100. The van der Waals surface area contributed by atoms with E-state index < -0.39 is 5.91 Å². The Hall–Kier alpha value is -3.98. The van der Waals surface area contributed by atoms with Crippen molar-refractivity contribution in [3.63, 3.8) is 0 Å². The lowest BCUT2D eigenvalue weighted by Crippen LogP contribution is -2.43. The van der Waals surface area contributed by atoms with Crippen LogP contribution in [-0.2, 0) is 0 Å². The fraction of sp³-hybridized carbons (Fsp3) is 0.250. The largest absolute Gasteiger partial charge is 0.365 e. The highest BCUT2D eigenvalue weighted by molar-refractivity contribution is 5.98. The van der Waals surface area contributed by atoms with Gasteiger partial charge >= 0.3 is 0 Å². The third-order valence-electron chi connectivity index (χ3n) is 6.03. The second-order valence-corrected chi connectivity index (χ2v) is 8.30. The number of aromatic nitrogens is 4. The Labute approximate surface area is 191 Å². The number of carbonyl (C=O) groups is 1. The number of anilines is 3. The summed E-state index contributed by atoms with van der Waals surface area (Å²) in [4.78, 5) is 25.3. The minimum Gasteiger partial charge on any atom is -0.365 e.